The normalized spacial score (nSPS) is 12.2. The van der Waals surface area contributed by atoms with E-state index in [-0.39, 0.29) is 18.6 Å². The molecule has 1 aromatic rings. The summed E-state index contributed by atoms with van der Waals surface area (Å²) in [7, 11) is 0. The highest BCUT2D eigenvalue weighted by molar-refractivity contribution is 5.94. The third-order valence-electron chi connectivity index (χ3n) is 2.30. The monoisotopic (exact) mass is 222 g/mol. The summed E-state index contributed by atoms with van der Waals surface area (Å²) in [5, 5.41) is 11.5. The molecule has 4 nitrogen and oxygen atoms in total. The lowest BCUT2D eigenvalue weighted by Crippen LogP contribution is -2.34. The zero-order valence-corrected chi connectivity index (χ0v) is 9.44. The molecule has 16 heavy (non-hydrogen) atoms. The van der Waals surface area contributed by atoms with Gasteiger partial charge < -0.3 is 16.2 Å². The summed E-state index contributed by atoms with van der Waals surface area (Å²) in [4.78, 5) is 11.6. The van der Waals surface area contributed by atoms with Crippen molar-refractivity contribution in [3.63, 3.8) is 0 Å². The number of amides is 1. The van der Waals surface area contributed by atoms with Gasteiger partial charge in [0.25, 0.3) is 5.91 Å². The fourth-order valence-corrected chi connectivity index (χ4v) is 1.34. The third-order valence-corrected chi connectivity index (χ3v) is 2.30. The molecule has 0 aliphatic carbocycles. The van der Waals surface area contributed by atoms with Crippen LogP contribution in [0.2, 0.25) is 0 Å². The molecule has 0 radical (unpaired) electrons. The van der Waals surface area contributed by atoms with E-state index >= 15 is 0 Å². The Hall–Kier alpha value is -1.39. The molecule has 0 heterocycles. The Morgan fingerprint density at radius 1 is 1.44 bits per heavy atom. The number of rotatable bonds is 5. The molecule has 1 atom stereocenters. The molecular weight excluding hydrogens is 204 g/mol. The first-order valence-electron chi connectivity index (χ1n) is 5.38. The van der Waals surface area contributed by atoms with Gasteiger partial charge in [-0.1, -0.05) is 12.1 Å². The van der Waals surface area contributed by atoms with Gasteiger partial charge in [-0.15, -0.1) is 0 Å². The molecule has 4 heteroatoms. The Bertz CT molecular complexity index is 335. The lowest BCUT2D eigenvalue weighted by Gasteiger charge is -2.10. The molecule has 0 fully saturated rings. The van der Waals surface area contributed by atoms with Crippen molar-refractivity contribution in [1.82, 2.24) is 5.32 Å². The molecule has 0 unspecified atom stereocenters. The summed E-state index contributed by atoms with van der Waals surface area (Å²) >= 11 is 0. The van der Waals surface area contributed by atoms with Crippen molar-refractivity contribution in [2.24, 2.45) is 5.73 Å². The van der Waals surface area contributed by atoms with Gasteiger partial charge >= 0.3 is 0 Å². The van der Waals surface area contributed by atoms with Crippen LogP contribution in [0.1, 0.15) is 22.8 Å². The number of carbonyl (C=O) groups is 1. The van der Waals surface area contributed by atoms with Crippen LogP contribution in [0.5, 0.6) is 0 Å². The molecule has 0 spiro atoms. The van der Waals surface area contributed by atoms with E-state index in [0.29, 0.717) is 12.1 Å². The van der Waals surface area contributed by atoms with E-state index in [1.54, 1.807) is 19.1 Å². The molecule has 0 aliphatic rings. The fraction of sp³-hybridized carbons (Fsp3) is 0.417. The number of carbonyl (C=O) groups excluding carboxylic acids is 1. The SMILES string of the molecule is C[C@@H](CO)NC(=O)c1ccc(CCN)cc1. The second-order valence-electron chi connectivity index (χ2n) is 3.79. The van der Waals surface area contributed by atoms with Crippen molar-refractivity contribution >= 4 is 5.91 Å². The number of benzene rings is 1. The highest BCUT2D eigenvalue weighted by Crippen LogP contribution is 2.05. The van der Waals surface area contributed by atoms with Crippen LogP contribution in [0.25, 0.3) is 0 Å². The second kappa shape index (κ2) is 6.25. The summed E-state index contributed by atoms with van der Waals surface area (Å²) in [6.07, 6.45) is 0.814. The van der Waals surface area contributed by atoms with Gasteiger partial charge in [-0.05, 0) is 37.6 Å². The molecule has 0 saturated heterocycles. The van der Waals surface area contributed by atoms with E-state index < -0.39 is 0 Å². The van der Waals surface area contributed by atoms with E-state index in [9.17, 15) is 4.79 Å². The number of nitrogens with two attached hydrogens (primary N) is 1. The quantitative estimate of drug-likeness (QED) is 0.670. The van der Waals surface area contributed by atoms with Crippen LogP contribution in [-0.2, 0) is 6.42 Å². The Balaban J connectivity index is 2.63. The zero-order chi connectivity index (χ0) is 12.0. The van der Waals surface area contributed by atoms with Crippen LogP contribution >= 0.6 is 0 Å². The molecule has 88 valence electrons. The Kier molecular flexibility index (Phi) is 4.95. The van der Waals surface area contributed by atoms with Gasteiger partial charge in [0.1, 0.15) is 0 Å². The summed E-state index contributed by atoms with van der Waals surface area (Å²) in [5.41, 5.74) is 7.15. The van der Waals surface area contributed by atoms with Crippen molar-refractivity contribution in [2.45, 2.75) is 19.4 Å². The molecule has 1 amide bonds. The van der Waals surface area contributed by atoms with Gasteiger partial charge in [0.15, 0.2) is 0 Å². The van der Waals surface area contributed by atoms with E-state index in [1.807, 2.05) is 12.1 Å². The lowest BCUT2D eigenvalue weighted by atomic mass is 10.1. The number of hydrogen-bond acceptors (Lipinski definition) is 3. The predicted molar refractivity (Wildman–Crippen MR) is 63.2 cm³/mol. The average molecular weight is 222 g/mol. The van der Waals surface area contributed by atoms with Gasteiger partial charge in [0.2, 0.25) is 0 Å². The van der Waals surface area contributed by atoms with Crippen molar-refractivity contribution in [2.75, 3.05) is 13.2 Å². The van der Waals surface area contributed by atoms with Crippen molar-refractivity contribution < 1.29 is 9.90 Å². The van der Waals surface area contributed by atoms with Crippen molar-refractivity contribution in [1.29, 1.82) is 0 Å². The topological polar surface area (TPSA) is 75.3 Å². The summed E-state index contributed by atoms with van der Waals surface area (Å²) in [6.45, 7) is 2.30. The van der Waals surface area contributed by atoms with E-state index in [0.717, 1.165) is 12.0 Å². The largest absolute Gasteiger partial charge is 0.394 e. The zero-order valence-electron chi connectivity index (χ0n) is 9.44. The molecular formula is C12H18N2O2. The van der Waals surface area contributed by atoms with Crippen molar-refractivity contribution in [3.05, 3.63) is 35.4 Å². The summed E-state index contributed by atoms with van der Waals surface area (Å²) in [6, 6.07) is 7.10. The highest BCUT2D eigenvalue weighted by Gasteiger charge is 2.08. The van der Waals surface area contributed by atoms with Gasteiger partial charge in [0, 0.05) is 11.6 Å². The van der Waals surface area contributed by atoms with Gasteiger partial charge in [0.05, 0.1) is 6.61 Å². The molecule has 4 N–H and O–H groups in total. The van der Waals surface area contributed by atoms with Crippen LogP contribution in [0, 0.1) is 0 Å². The molecule has 0 bridgehead atoms. The predicted octanol–water partition coefficient (Wildman–Crippen LogP) is 0.298. The second-order valence-corrected chi connectivity index (χ2v) is 3.79. The minimum absolute atomic E-state index is 0.0585. The van der Waals surface area contributed by atoms with E-state index in [4.69, 9.17) is 10.8 Å². The van der Waals surface area contributed by atoms with Crippen molar-refractivity contribution in [3.8, 4) is 0 Å². The van der Waals surface area contributed by atoms with Crippen LogP contribution in [0.4, 0.5) is 0 Å². The maximum Gasteiger partial charge on any atom is 0.251 e. The minimum Gasteiger partial charge on any atom is -0.394 e. The Morgan fingerprint density at radius 3 is 2.56 bits per heavy atom. The number of aliphatic hydroxyl groups is 1. The molecule has 1 aromatic carbocycles. The number of nitrogens with one attached hydrogen (secondary N) is 1. The summed E-state index contributed by atoms with van der Waals surface area (Å²) in [5.74, 6) is -0.166. The maximum absolute atomic E-state index is 11.6. The lowest BCUT2D eigenvalue weighted by molar-refractivity contribution is 0.0922. The molecule has 0 saturated carbocycles. The fourth-order valence-electron chi connectivity index (χ4n) is 1.34. The van der Waals surface area contributed by atoms with Crippen LogP contribution in [0.3, 0.4) is 0 Å². The maximum atomic E-state index is 11.6. The Morgan fingerprint density at radius 2 is 2.06 bits per heavy atom. The summed E-state index contributed by atoms with van der Waals surface area (Å²) < 4.78 is 0. The van der Waals surface area contributed by atoms with Crippen LogP contribution in [0.15, 0.2) is 24.3 Å². The average Bonchev–Trinajstić information content (AvgIpc) is 2.30. The minimum atomic E-state index is -0.226. The van der Waals surface area contributed by atoms with Gasteiger partial charge in [-0.3, -0.25) is 4.79 Å². The highest BCUT2D eigenvalue weighted by atomic mass is 16.3. The number of hydrogen-bond donors (Lipinski definition) is 3. The van der Waals surface area contributed by atoms with Crippen LogP contribution < -0.4 is 11.1 Å². The van der Waals surface area contributed by atoms with Gasteiger partial charge in [-0.2, -0.15) is 0 Å². The first-order valence-corrected chi connectivity index (χ1v) is 5.38. The molecule has 0 aromatic heterocycles. The third kappa shape index (κ3) is 3.64. The van der Waals surface area contributed by atoms with Crippen LogP contribution in [-0.4, -0.2) is 30.2 Å². The molecule has 0 aliphatic heterocycles. The first kappa shape index (κ1) is 12.7. The van der Waals surface area contributed by atoms with Gasteiger partial charge in [-0.25, -0.2) is 0 Å². The standard InChI is InChI=1S/C12H18N2O2/c1-9(8-15)14-12(16)11-4-2-10(3-5-11)6-7-13/h2-5,9,15H,6-8,13H2,1H3,(H,14,16)/t9-/m0/s1. The smallest absolute Gasteiger partial charge is 0.251 e. The van der Waals surface area contributed by atoms with E-state index in [2.05, 4.69) is 5.32 Å². The Labute approximate surface area is 95.5 Å². The molecule has 1 rings (SSSR count). The number of aliphatic hydroxyl groups excluding tert-OH is 1. The van der Waals surface area contributed by atoms with E-state index in [1.165, 1.54) is 0 Å². The first-order chi connectivity index (χ1) is 7.67.